The molecule has 3 rings (SSSR count). The molecule has 1 unspecified atom stereocenters. The van der Waals surface area contributed by atoms with Crippen LogP contribution in [-0.4, -0.2) is 72.0 Å². The van der Waals surface area contributed by atoms with Crippen LogP contribution in [0, 0.1) is 17.2 Å². The highest BCUT2D eigenvalue weighted by atomic mass is 16.2. The minimum atomic E-state index is -0.251. The molecular formula is C24H30N8O3. The van der Waals surface area contributed by atoms with Crippen molar-refractivity contribution >= 4 is 29.5 Å². The zero-order valence-corrected chi connectivity index (χ0v) is 19.7. The van der Waals surface area contributed by atoms with Crippen molar-refractivity contribution in [2.24, 2.45) is 5.92 Å². The van der Waals surface area contributed by atoms with Gasteiger partial charge in [-0.15, -0.1) is 0 Å². The van der Waals surface area contributed by atoms with Crippen molar-refractivity contribution < 1.29 is 14.4 Å². The summed E-state index contributed by atoms with van der Waals surface area (Å²) in [6.07, 6.45) is 4.32. The number of benzene rings is 1. The summed E-state index contributed by atoms with van der Waals surface area (Å²) >= 11 is 0. The van der Waals surface area contributed by atoms with Crippen molar-refractivity contribution in [2.45, 2.75) is 19.8 Å². The van der Waals surface area contributed by atoms with Crippen molar-refractivity contribution in [1.82, 2.24) is 25.5 Å². The normalized spacial score (nSPS) is 13.9. The first-order valence-corrected chi connectivity index (χ1v) is 11.6. The van der Waals surface area contributed by atoms with E-state index in [1.807, 2.05) is 17.9 Å². The molecule has 2 heterocycles. The predicted octanol–water partition coefficient (Wildman–Crippen LogP) is 1.62. The number of hydrogen-bond donors (Lipinski definition) is 3. The number of nitrogens with zero attached hydrogens (tertiary/aromatic N) is 5. The predicted molar refractivity (Wildman–Crippen MR) is 131 cm³/mol. The third-order valence-corrected chi connectivity index (χ3v) is 5.60. The van der Waals surface area contributed by atoms with E-state index >= 15 is 0 Å². The van der Waals surface area contributed by atoms with Gasteiger partial charge in [-0.3, -0.25) is 9.59 Å². The van der Waals surface area contributed by atoms with Gasteiger partial charge in [0.2, 0.25) is 11.9 Å². The molecule has 1 aliphatic rings. The van der Waals surface area contributed by atoms with E-state index in [1.165, 1.54) is 0 Å². The summed E-state index contributed by atoms with van der Waals surface area (Å²) in [6.45, 7) is 4.68. The van der Waals surface area contributed by atoms with Crippen molar-refractivity contribution in [3.63, 3.8) is 0 Å². The highest BCUT2D eigenvalue weighted by Crippen LogP contribution is 2.14. The van der Waals surface area contributed by atoms with Gasteiger partial charge in [-0.1, -0.05) is 13.0 Å². The summed E-state index contributed by atoms with van der Waals surface area (Å²) in [4.78, 5) is 49.2. The van der Waals surface area contributed by atoms with Crippen LogP contribution >= 0.6 is 0 Å². The lowest BCUT2D eigenvalue weighted by atomic mass is 10.0. The molecule has 1 aliphatic heterocycles. The molecule has 2 aromatic rings. The highest BCUT2D eigenvalue weighted by Gasteiger charge is 2.22. The first-order valence-electron chi connectivity index (χ1n) is 11.6. The zero-order chi connectivity index (χ0) is 25.0. The fraction of sp³-hybridized carbons (Fsp3) is 0.417. The molecular weight excluding hydrogens is 448 g/mol. The number of amides is 4. The molecule has 0 saturated carbocycles. The fourth-order valence-corrected chi connectivity index (χ4v) is 3.67. The Labute approximate surface area is 204 Å². The van der Waals surface area contributed by atoms with E-state index in [0.29, 0.717) is 62.8 Å². The number of carbonyl (C=O) groups excluding carboxylic acids is 3. The second-order valence-electron chi connectivity index (χ2n) is 8.32. The Bertz CT molecular complexity index is 1050. The number of carbonyl (C=O) groups is 3. The molecule has 184 valence electrons. The van der Waals surface area contributed by atoms with Crippen molar-refractivity contribution in [1.29, 1.82) is 5.26 Å². The number of rotatable bonds is 9. The van der Waals surface area contributed by atoms with Gasteiger partial charge in [-0.25, -0.2) is 14.8 Å². The second-order valence-corrected chi connectivity index (χ2v) is 8.32. The van der Waals surface area contributed by atoms with Crippen LogP contribution in [0.25, 0.3) is 0 Å². The number of aromatic nitrogens is 2. The molecule has 3 N–H and O–H groups in total. The number of urea groups is 1. The number of hydrogen-bond acceptors (Lipinski definition) is 7. The van der Waals surface area contributed by atoms with Crippen LogP contribution in [0.2, 0.25) is 0 Å². The second kappa shape index (κ2) is 12.9. The minimum Gasteiger partial charge on any atom is -0.352 e. The van der Waals surface area contributed by atoms with Crippen LogP contribution in [0.1, 0.15) is 30.1 Å². The average Bonchev–Trinajstić information content (AvgIpc) is 2.88. The topological polar surface area (TPSA) is 143 Å². The Morgan fingerprint density at radius 3 is 2.54 bits per heavy atom. The summed E-state index contributed by atoms with van der Waals surface area (Å²) in [5, 5.41) is 16.7. The quantitative estimate of drug-likeness (QED) is 0.465. The van der Waals surface area contributed by atoms with Gasteiger partial charge in [0.1, 0.15) is 6.54 Å². The van der Waals surface area contributed by atoms with Gasteiger partial charge in [0.15, 0.2) is 0 Å². The molecule has 1 saturated heterocycles. The molecule has 11 heteroatoms. The van der Waals surface area contributed by atoms with E-state index in [9.17, 15) is 14.4 Å². The van der Waals surface area contributed by atoms with E-state index in [-0.39, 0.29) is 30.3 Å². The number of nitrogens with one attached hydrogen (secondary N) is 3. The maximum Gasteiger partial charge on any atom is 0.321 e. The van der Waals surface area contributed by atoms with Crippen LogP contribution in [0.15, 0.2) is 42.7 Å². The molecule has 0 aliphatic carbocycles. The van der Waals surface area contributed by atoms with Gasteiger partial charge in [0.05, 0.1) is 6.07 Å². The van der Waals surface area contributed by atoms with Gasteiger partial charge in [0, 0.05) is 62.8 Å². The summed E-state index contributed by atoms with van der Waals surface area (Å²) in [6, 6.07) is 10.2. The van der Waals surface area contributed by atoms with Crippen molar-refractivity contribution in [3.8, 4) is 6.07 Å². The Hall–Kier alpha value is -4.20. The summed E-state index contributed by atoms with van der Waals surface area (Å²) in [5.41, 5.74) is 0.979. The zero-order valence-electron chi connectivity index (χ0n) is 19.7. The molecule has 1 aromatic heterocycles. The van der Waals surface area contributed by atoms with Crippen LogP contribution < -0.4 is 20.9 Å². The van der Waals surface area contributed by atoms with Crippen molar-refractivity contribution in [3.05, 3.63) is 48.3 Å². The smallest absolute Gasteiger partial charge is 0.321 e. The Morgan fingerprint density at radius 2 is 1.83 bits per heavy atom. The number of piperazine rings is 1. The third-order valence-electron chi connectivity index (χ3n) is 5.60. The monoisotopic (exact) mass is 478 g/mol. The average molecular weight is 479 g/mol. The maximum absolute atomic E-state index is 12.7. The van der Waals surface area contributed by atoms with Crippen LogP contribution in [0.5, 0.6) is 0 Å². The first kappa shape index (κ1) is 25.4. The standard InChI is InChI=1S/C24H30N8O3/c1-18(16-21(33)26-11-7-25)6-10-27-22(34)19-4-2-5-20(17-19)30-24(35)32-14-12-31(13-15-32)23-28-8-3-9-29-23/h2-5,8-9,17-18H,6,10-16H2,1H3,(H,26,33)(H,27,34)(H,30,35). The van der Waals surface area contributed by atoms with Gasteiger partial charge in [-0.2, -0.15) is 5.26 Å². The lowest BCUT2D eigenvalue weighted by molar-refractivity contribution is -0.121. The number of nitriles is 1. The van der Waals surface area contributed by atoms with E-state index in [1.54, 1.807) is 47.6 Å². The summed E-state index contributed by atoms with van der Waals surface area (Å²) in [5.74, 6) is 0.291. The Balaban J connectivity index is 1.43. The maximum atomic E-state index is 12.7. The van der Waals surface area contributed by atoms with E-state index in [4.69, 9.17) is 5.26 Å². The van der Waals surface area contributed by atoms with E-state index in [0.717, 1.165) is 0 Å². The number of anilines is 2. The summed E-state index contributed by atoms with van der Waals surface area (Å²) < 4.78 is 0. The third kappa shape index (κ3) is 7.96. The Morgan fingerprint density at radius 1 is 1.09 bits per heavy atom. The lowest BCUT2D eigenvalue weighted by Crippen LogP contribution is -2.50. The molecule has 1 fully saturated rings. The van der Waals surface area contributed by atoms with Gasteiger partial charge < -0.3 is 25.8 Å². The molecule has 35 heavy (non-hydrogen) atoms. The molecule has 11 nitrogen and oxygen atoms in total. The molecule has 0 bridgehead atoms. The van der Waals surface area contributed by atoms with Crippen LogP contribution in [0.4, 0.5) is 16.4 Å². The highest BCUT2D eigenvalue weighted by molar-refractivity contribution is 5.96. The van der Waals surface area contributed by atoms with Crippen LogP contribution in [-0.2, 0) is 4.79 Å². The largest absolute Gasteiger partial charge is 0.352 e. The van der Waals surface area contributed by atoms with Gasteiger partial charge in [-0.05, 0) is 36.6 Å². The van der Waals surface area contributed by atoms with Crippen molar-refractivity contribution in [2.75, 3.05) is 49.5 Å². The minimum absolute atomic E-state index is 0.00593. The van der Waals surface area contributed by atoms with E-state index < -0.39 is 0 Å². The van der Waals surface area contributed by atoms with Gasteiger partial charge >= 0.3 is 6.03 Å². The molecule has 4 amide bonds. The fourth-order valence-electron chi connectivity index (χ4n) is 3.67. The molecule has 0 radical (unpaired) electrons. The molecule has 1 aromatic carbocycles. The van der Waals surface area contributed by atoms with E-state index in [2.05, 4.69) is 25.9 Å². The SMILES string of the molecule is CC(CCNC(=O)c1cccc(NC(=O)N2CCN(c3ncccn3)CC2)c1)CC(=O)NCC#N. The molecule has 1 atom stereocenters. The molecule has 0 spiro atoms. The first-order chi connectivity index (χ1) is 17.0. The van der Waals surface area contributed by atoms with Gasteiger partial charge in [0.25, 0.3) is 5.91 Å². The summed E-state index contributed by atoms with van der Waals surface area (Å²) in [7, 11) is 0. The Kier molecular flexibility index (Phi) is 9.36. The van der Waals surface area contributed by atoms with Crippen LogP contribution in [0.3, 0.4) is 0 Å². The lowest BCUT2D eigenvalue weighted by Gasteiger charge is -2.34.